The SMILES string of the molecule is O=[N+]([O-])c1c(Oc2cccc3cccnc23)ncnc1N1CCCCCC1. The van der Waals surface area contributed by atoms with E-state index in [9.17, 15) is 10.1 Å². The molecule has 8 heteroatoms. The summed E-state index contributed by atoms with van der Waals surface area (Å²) in [5, 5.41) is 12.7. The summed E-state index contributed by atoms with van der Waals surface area (Å²) in [6.45, 7) is 1.49. The molecule has 0 spiro atoms. The van der Waals surface area contributed by atoms with Gasteiger partial charge in [-0.05, 0) is 25.0 Å². The summed E-state index contributed by atoms with van der Waals surface area (Å²) >= 11 is 0. The number of hydrogen-bond acceptors (Lipinski definition) is 7. The summed E-state index contributed by atoms with van der Waals surface area (Å²) in [6, 6.07) is 9.20. The van der Waals surface area contributed by atoms with Gasteiger partial charge in [0.15, 0.2) is 5.75 Å². The summed E-state index contributed by atoms with van der Waals surface area (Å²) in [4.78, 5) is 25.9. The maximum atomic E-state index is 11.8. The van der Waals surface area contributed by atoms with Crippen LogP contribution in [0.2, 0.25) is 0 Å². The Morgan fingerprint density at radius 1 is 1.00 bits per heavy atom. The van der Waals surface area contributed by atoms with Crippen LogP contribution in [0.1, 0.15) is 25.7 Å². The van der Waals surface area contributed by atoms with Gasteiger partial charge in [0, 0.05) is 24.7 Å². The van der Waals surface area contributed by atoms with E-state index < -0.39 is 4.92 Å². The lowest BCUT2D eigenvalue weighted by Crippen LogP contribution is -2.26. The molecule has 1 aromatic carbocycles. The van der Waals surface area contributed by atoms with Gasteiger partial charge in [0.05, 0.1) is 4.92 Å². The van der Waals surface area contributed by atoms with Gasteiger partial charge in [-0.2, -0.15) is 4.98 Å². The molecule has 0 amide bonds. The first kappa shape index (κ1) is 17.1. The lowest BCUT2D eigenvalue weighted by Gasteiger charge is -2.21. The number of benzene rings is 1. The third-order valence-electron chi connectivity index (χ3n) is 4.66. The van der Waals surface area contributed by atoms with Crippen molar-refractivity contribution in [2.45, 2.75) is 25.7 Å². The summed E-state index contributed by atoms with van der Waals surface area (Å²) in [5.41, 5.74) is 0.427. The second-order valence-corrected chi connectivity index (χ2v) is 6.44. The number of rotatable bonds is 4. The molecule has 4 rings (SSSR count). The van der Waals surface area contributed by atoms with Crippen molar-refractivity contribution >= 4 is 22.4 Å². The molecule has 0 aliphatic carbocycles. The van der Waals surface area contributed by atoms with Crippen LogP contribution in [0.4, 0.5) is 11.5 Å². The number of nitro groups is 1. The molecule has 27 heavy (non-hydrogen) atoms. The van der Waals surface area contributed by atoms with E-state index >= 15 is 0 Å². The lowest BCUT2D eigenvalue weighted by molar-refractivity contribution is -0.385. The standard InChI is InChI=1S/C19H19N5O3/c25-24(26)17-18(23-11-3-1-2-4-12-23)21-13-22-19(17)27-15-9-5-7-14-8-6-10-20-16(14)15/h5-10,13H,1-4,11-12H2. The van der Waals surface area contributed by atoms with Crippen LogP contribution in [0.5, 0.6) is 11.6 Å². The van der Waals surface area contributed by atoms with Crippen LogP contribution in [0.25, 0.3) is 10.9 Å². The molecule has 1 saturated heterocycles. The fraction of sp³-hybridized carbons (Fsp3) is 0.316. The van der Waals surface area contributed by atoms with Crippen molar-refractivity contribution in [1.82, 2.24) is 15.0 Å². The number of nitrogens with zero attached hydrogens (tertiary/aromatic N) is 5. The molecule has 0 bridgehead atoms. The number of hydrogen-bond donors (Lipinski definition) is 0. The molecule has 0 N–H and O–H groups in total. The molecule has 3 heterocycles. The predicted octanol–water partition coefficient (Wildman–Crippen LogP) is 4.11. The van der Waals surface area contributed by atoms with Crippen LogP contribution in [0.15, 0.2) is 42.9 Å². The molecule has 1 fully saturated rings. The number of ether oxygens (including phenoxy) is 1. The van der Waals surface area contributed by atoms with Crippen LogP contribution in [0, 0.1) is 10.1 Å². The second-order valence-electron chi connectivity index (χ2n) is 6.44. The van der Waals surface area contributed by atoms with E-state index in [-0.39, 0.29) is 11.6 Å². The molecule has 0 unspecified atom stereocenters. The lowest BCUT2D eigenvalue weighted by atomic mass is 10.2. The monoisotopic (exact) mass is 365 g/mol. The molecular weight excluding hydrogens is 346 g/mol. The van der Waals surface area contributed by atoms with E-state index in [4.69, 9.17) is 4.74 Å². The maximum Gasteiger partial charge on any atom is 0.373 e. The Hall–Kier alpha value is -3.29. The Morgan fingerprint density at radius 3 is 2.56 bits per heavy atom. The summed E-state index contributed by atoms with van der Waals surface area (Å²) in [7, 11) is 0. The number of fused-ring (bicyclic) bond motifs is 1. The quantitative estimate of drug-likeness (QED) is 0.507. The first-order valence-corrected chi connectivity index (χ1v) is 9.00. The van der Waals surface area contributed by atoms with Gasteiger partial charge < -0.3 is 9.64 Å². The smallest absolute Gasteiger partial charge is 0.373 e. The highest BCUT2D eigenvalue weighted by molar-refractivity contribution is 5.84. The van der Waals surface area contributed by atoms with Gasteiger partial charge in [-0.3, -0.25) is 15.1 Å². The van der Waals surface area contributed by atoms with Crippen molar-refractivity contribution in [2.24, 2.45) is 0 Å². The Morgan fingerprint density at radius 2 is 1.78 bits per heavy atom. The molecule has 1 aliphatic heterocycles. The van der Waals surface area contributed by atoms with E-state index in [0.717, 1.165) is 44.2 Å². The first-order chi connectivity index (χ1) is 13.2. The average Bonchev–Trinajstić information content (AvgIpc) is 2.97. The van der Waals surface area contributed by atoms with Gasteiger partial charge in [-0.1, -0.05) is 31.0 Å². The Kier molecular flexibility index (Phi) is 4.78. The van der Waals surface area contributed by atoms with E-state index in [1.54, 1.807) is 12.3 Å². The molecule has 2 aromatic heterocycles. The molecule has 0 atom stereocenters. The van der Waals surface area contributed by atoms with Crippen molar-refractivity contribution in [3.05, 3.63) is 53.0 Å². The van der Waals surface area contributed by atoms with Crippen LogP contribution >= 0.6 is 0 Å². The average molecular weight is 365 g/mol. The number of anilines is 1. The number of pyridine rings is 1. The molecular formula is C19H19N5O3. The summed E-state index contributed by atoms with van der Waals surface area (Å²) < 4.78 is 5.86. The normalized spacial score (nSPS) is 14.7. The minimum atomic E-state index is -0.464. The Balaban J connectivity index is 1.76. The van der Waals surface area contributed by atoms with Crippen LogP contribution in [-0.2, 0) is 0 Å². The summed E-state index contributed by atoms with van der Waals surface area (Å²) in [6.07, 6.45) is 7.21. The highest BCUT2D eigenvalue weighted by Crippen LogP contribution is 2.38. The largest absolute Gasteiger partial charge is 0.431 e. The topological polar surface area (TPSA) is 94.3 Å². The minimum absolute atomic E-state index is 0.0626. The van der Waals surface area contributed by atoms with Gasteiger partial charge >= 0.3 is 11.6 Å². The third-order valence-corrected chi connectivity index (χ3v) is 4.66. The zero-order valence-corrected chi connectivity index (χ0v) is 14.7. The van der Waals surface area contributed by atoms with Crippen molar-refractivity contribution in [2.75, 3.05) is 18.0 Å². The Labute approximate surface area is 156 Å². The highest BCUT2D eigenvalue weighted by atomic mass is 16.6. The zero-order valence-electron chi connectivity index (χ0n) is 14.7. The van der Waals surface area contributed by atoms with Crippen molar-refractivity contribution in [1.29, 1.82) is 0 Å². The number of para-hydroxylation sites is 1. The number of aromatic nitrogens is 3. The van der Waals surface area contributed by atoms with Crippen molar-refractivity contribution < 1.29 is 9.66 Å². The van der Waals surface area contributed by atoms with Crippen LogP contribution in [-0.4, -0.2) is 33.0 Å². The minimum Gasteiger partial charge on any atom is -0.431 e. The van der Waals surface area contributed by atoms with Gasteiger partial charge in [-0.25, -0.2) is 4.98 Å². The van der Waals surface area contributed by atoms with E-state index in [1.165, 1.54) is 6.33 Å². The van der Waals surface area contributed by atoms with Crippen LogP contribution in [0.3, 0.4) is 0 Å². The van der Waals surface area contributed by atoms with Gasteiger partial charge in [-0.15, -0.1) is 0 Å². The zero-order chi connectivity index (χ0) is 18.6. The van der Waals surface area contributed by atoms with E-state index in [1.807, 2.05) is 29.2 Å². The maximum absolute atomic E-state index is 11.8. The van der Waals surface area contributed by atoms with Gasteiger partial charge in [0.2, 0.25) is 5.82 Å². The third kappa shape index (κ3) is 3.51. The van der Waals surface area contributed by atoms with Gasteiger partial charge in [0.1, 0.15) is 11.8 Å². The van der Waals surface area contributed by atoms with Crippen molar-refractivity contribution in [3.63, 3.8) is 0 Å². The van der Waals surface area contributed by atoms with E-state index in [0.29, 0.717) is 17.1 Å². The van der Waals surface area contributed by atoms with Gasteiger partial charge in [0.25, 0.3) is 0 Å². The molecule has 0 radical (unpaired) electrons. The molecule has 0 saturated carbocycles. The molecule has 3 aromatic rings. The second kappa shape index (κ2) is 7.53. The fourth-order valence-corrected chi connectivity index (χ4v) is 3.36. The summed E-state index contributed by atoms with van der Waals surface area (Å²) in [5.74, 6) is 0.684. The molecule has 8 nitrogen and oxygen atoms in total. The van der Waals surface area contributed by atoms with Crippen LogP contribution < -0.4 is 9.64 Å². The first-order valence-electron chi connectivity index (χ1n) is 9.00. The Bertz CT molecular complexity index is 965. The fourth-order valence-electron chi connectivity index (χ4n) is 3.36. The highest BCUT2D eigenvalue weighted by Gasteiger charge is 2.29. The van der Waals surface area contributed by atoms with Crippen molar-refractivity contribution in [3.8, 4) is 11.6 Å². The molecule has 138 valence electrons. The predicted molar refractivity (Wildman–Crippen MR) is 101 cm³/mol. The molecule has 1 aliphatic rings. The van der Waals surface area contributed by atoms with E-state index in [2.05, 4.69) is 15.0 Å².